The molecule has 0 saturated carbocycles. The fourth-order valence-corrected chi connectivity index (χ4v) is 2.00. The summed E-state index contributed by atoms with van der Waals surface area (Å²) in [6, 6.07) is 8.40. The zero-order valence-corrected chi connectivity index (χ0v) is 11.9. The lowest BCUT2D eigenvalue weighted by atomic mass is 10.2. The fraction of sp³-hybridized carbons (Fsp3) is 0.357. The van der Waals surface area contributed by atoms with Crippen molar-refractivity contribution in [2.24, 2.45) is 0 Å². The largest absolute Gasteiger partial charge is 0.432 e. The molecular formula is C14H18ClN3O. The Morgan fingerprint density at radius 1 is 1.42 bits per heavy atom. The topological polar surface area (TPSA) is 41.3 Å². The van der Waals surface area contributed by atoms with Crippen LogP contribution in [0.5, 0.6) is 0 Å². The minimum Gasteiger partial charge on any atom is -0.432 e. The number of halogens is 1. The van der Waals surface area contributed by atoms with Gasteiger partial charge in [-0.1, -0.05) is 30.7 Å². The molecular weight excluding hydrogens is 262 g/mol. The van der Waals surface area contributed by atoms with Crippen molar-refractivity contribution < 1.29 is 4.42 Å². The molecule has 0 radical (unpaired) electrons. The van der Waals surface area contributed by atoms with E-state index in [-0.39, 0.29) is 0 Å². The number of nitrogens with zero attached hydrogens (tertiary/aromatic N) is 2. The van der Waals surface area contributed by atoms with Gasteiger partial charge in [0.1, 0.15) is 6.26 Å². The minimum absolute atomic E-state index is 0.618. The van der Waals surface area contributed by atoms with Crippen LogP contribution in [0.4, 0.5) is 6.01 Å². The van der Waals surface area contributed by atoms with E-state index in [2.05, 4.69) is 17.2 Å². The van der Waals surface area contributed by atoms with Crippen molar-refractivity contribution in [2.75, 3.05) is 18.5 Å². The Bertz CT molecular complexity index is 527. The molecule has 102 valence electrons. The summed E-state index contributed by atoms with van der Waals surface area (Å²) in [6.45, 7) is 4.42. The summed E-state index contributed by atoms with van der Waals surface area (Å²) in [5.74, 6) is 0. The van der Waals surface area contributed by atoms with Gasteiger partial charge in [0.15, 0.2) is 0 Å². The van der Waals surface area contributed by atoms with Gasteiger partial charge in [-0.2, -0.15) is 4.98 Å². The zero-order valence-electron chi connectivity index (χ0n) is 11.2. The highest BCUT2D eigenvalue weighted by Gasteiger charge is 2.09. The van der Waals surface area contributed by atoms with Crippen molar-refractivity contribution in [3.05, 3.63) is 46.8 Å². The van der Waals surface area contributed by atoms with E-state index in [0.717, 1.165) is 29.4 Å². The first-order chi connectivity index (χ1) is 9.19. The van der Waals surface area contributed by atoms with Gasteiger partial charge in [0.05, 0.1) is 5.69 Å². The normalized spacial score (nSPS) is 10.7. The molecule has 19 heavy (non-hydrogen) atoms. The molecule has 2 rings (SSSR count). The molecule has 0 aliphatic heterocycles. The van der Waals surface area contributed by atoms with Crippen molar-refractivity contribution in [3.8, 4) is 0 Å². The third-order valence-electron chi connectivity index (χ3n) is 2.73. The summed E-state index contributed by atoms with van der Waals surface area (Å²) in [7, 11) is 1.95. The molecule has 0 aliphatic carbocycles. The first-order valence-corrected chi connectivity index (χ1v) is 6.67. The number of oxazole rings is 1. The van der Waals surface area contributed by atoms with Crippen molar-refractivity contribution >= 4 is 17.6 Å². The first-order valence-electron chi connectivity index (χ1n) is 6.29. The van der Waals surface area contributed by atoms with Crippen LogP contribution in [0.15, 0.2) is 34.9 Å². The molecule has 0 atom stereocenters. The average molecular weight is 280 g/mol. The molecule has 0 saturated heterocycles. The number of rotatable bonds is 6. The first kappa shape index (κ1) is 13.9. The highest BCUT2D eigenvalue weighted by Crippen LogP contribution is 2.17. The smallest absolute Gasteiger partial charge is 0.297 e. The molecule has 0 bridgehead atoms. The molecule has 1 heterocycles. The lowest BCUT2D eigenvalue weighted by molar-refractivity contribution is 0.543. The third-order valence-corrected chi connectivity index (χ3v) is 2.97. The quantitative estimate of drug-likeness (QED) is 0.882. The number of aromatic nitrogens is 1. The van der Waals surface area contributed by atoms with Crippen LogP contribution in [-0.2, 0) is 13.1 Å². The van der Waals surface area contributed by atoms with Crippen LogP contribution in [0.1, 0.15) is 18.2 Å². The maximum Gasteiger partial charge on any atom is 0.297 e. The van der Waals surface area contributed by atoms with E-state index in [1.807, 2.05) is 36.2 Å². The van der Waals surface area contributed by atoms with E-state index in [9.17, 15) is 0 Å². The van der Waals surface area contributed by atoms with Gasteiger partial charge < -0.3 is 14.6 Å². The third kappa shape index (κ3) is 3.98. The van der Waals surface area contributed by atoms with E-state index < -0.39 is 0 Å². The molecule has 1 aromatic heterocycles. The van der Waals surface area contributed by atoms with E-state index in [0.29, 0.717) is 12.6 Å². The molecule has 0 aliphatic rings. The van der Waals surface area contributed by atoms with Gasteiger partial charge in [-0.15, -0.1) is 0 Å². The molecule has 4 nitrogen and oxygen atoms in total. The van der Waals surface area contributed by atoms with Gasteiger partial charge in [-0.05, 0) is 24.2 Å². The van der Waals surface area contributed by atoms with Crippen LogP contribution in [0, 0.1) is 0 Å². The van der Waals surface area contributed by atoms with Crippen LogP contribution >= 0.6 is 11.6 Å². The van der Waals surface area contributed by atoms with Gasteiger partial charge in [0.25, 0.3) is 6.01 Å². The van der Waals surface area contributed by atoms with Crippen molar-refractivity contribution in [2.45, 2.75) is 20.0 Å². The van der Waals surface area contributed by atoms with E-state index in [1.165, 1.54) is 0 Å². The predicted octanol–water partition coefficient (Wildman–Crippen LogP) is 3.07. The Kier molecular flexibility index (Phi) is 4.82. The molecule has 1 aromatic carbocycles. The maximum atomic E-state index is 5.97. The molecule has 0 fully saturated rings. The molecule has 0 unspecified atom stereocenters. The Hall–Kier alpha value is -1.52. The molecule has 5 heteroatoms. The second-order valence-corrected chi connectivity index (χ2v) is 4.82. The van der Waals surface area contributed by atoms with Gasteiger partial charge in [0, 0.05) is 25.2 Å². The molecule has 2 aromatic rings. The highest BCUT2D eigenvalue weighted by atomic mass is 35.5. The van der Waals surface area contributed by atoms with Crippen molar-refractivity contribution in [1.29, 1.82) is 0 Å². The van der Waals surface area contributed by atoms with Gasteiger partial charge >= 0.3 is 0 Å². The SMILES string of the molecule is CCNCc1coc(N(C)Cc2cccc(Cl)c2)n1. The average Bonchev–Trinajstić information content (AvgIpc) is 2.85. The second-order valence-electron chi connectivity index (χ2n) is 4.39. The molecule has 0 amide bonds. The summed E-state index contributed by atoms with van der Waals surface area (Å²) < 4.78 is 5.47. The number of hydrogen-bond donors (Lipinski definition) is 1. The Morgan fingerprint density at radius 3 is 3.00 bits per heavy atom. The van der Waals surface area contributed by atoms with Crippen molar-refractivity contribution in [1.82, 2.24) is 10.3 Å². The standard InChI is InChI=1S/C14H18ClN3O/c1-3-16-8-13-10-19-14(17-13)18(2)9-11-5-4-6-12(15)7-11/h4-7,10,16H,3,8-9H2,1-2H3. The highest BCUT2D eigenvalue weighted by molar-refractivity contribution is 6.30. The maximum absolute atomic E-state index is 5.97. The lowest BCUT2D eigenvalue weighted by Crippen LogP contribution is -2.17. The van der Waals surface area contributed by atoms with Gasteiger partial charge in [-0.3, -0.25) is 0 Å². The van der Waals surface area contributed by atoms with Crippen LogP contribution < -0.4 is 10.2 Å². The number of nitrogens with one attached hydrogen (secondary N) is 1. The summed E-state index contributed by atoms with van der Waals surface area (Å²) in [4.78, 5) is 6.39. The summed E-state index contributed by atoms with van der Waals surface area (Å²) in [5, 5.41) is 3.96. The van der Waals surface area contributed by atoms with E-state index >= 15 is 0 Å². The van der Waals surface area contributed by atoms with Crippen LogP contribution in [0.25, 0.3) is 0 Å². The lowest BCUT2D eigenvalue weighted by Gasteiger charge is -2.14. The summed E-state index contributed by atoms with van der Waals surface area (Å²) in [6.07, 6.45) is 1.69. The van der Waals surface area contributed by atoms with Crippen molar-refractivity contribution in [3.63, 3.8) is 0 Å². The monoisotopic (exact) mass is 279 g/mol. The minimum atomic E-state index is 0.618. The van der Waals surface area contributed by atoms with Crippen LogP contribution in [-0.4, -0.2) is 18.6 Å². The molecule has 1 N–H and O–H groups in total. The fourth-order valence-electron chi connectivity index (χ4n) is 1.78. The Morgan fingerprint density at radius 2 is 2.26 bits per heavy atom. The Balaban J connectivity index is 1.99. The number of anilines is 1. The van der Waals surface area contributed by atoms with Gasteiger partial charge in [0.2, 0.25) is 0 Å². The molecule has 0 spiro atoms. The van der Waals surface area contributed by atoms with E-state index in [1.54, 1.807) is 6.26 Å². The summed E-state index contributed by atoms with van der Waals surface area (Å²) in [5.41, 5.74) is 2.04. The second kappa shape index (κ2) is 6.59. The number of benzene rings is 1. The van der Waals surface area contributed by atoms with Gasteiger partial charge in [-0.25, -0.2) is 0 Å². The summed E-state index contributed by atoms with van der Waals surface area (Å²) >= 11 is 5.97. The zero-order chi connectivity index (χ0) is 13.7. The van der Waals surface area contributed by atoms with E-state index in [4.69, 9.17) is 16.0 Å². The Labute approximate surface area is 118 Å². The number of hydrogen-bond acceptors (Lipinski definition) is 4. The van der Waals surface area contributed by atoms with Crippen LogP contribution in [0.2, 0.25) is 5.02 Å². The predicted molar refractivity (Wildman–Crippen MR) is 77.4 cm³/mol. The van der Waals surface area contributed by atoms with Crippen LogP contribution in [0.3, 0.4) is 0 Å².